The molecule has 2 rings (SSSR count). The maximum Gasteiger partial charge on any atom is 0.408 e. The van der Waals surface area contributed by atoms with Gasteiger partial charge in [-0.1, -0.05) is 31.9 Å². The fraction of sp³-hybridized carbons (Fsp3) is 0.476. The second kappa shape index (κ2) is 9.31. The van der Waals surface area contributed by atoms with E-state index in [0.717, 1.165) is 5.56 Å². The second-order valence-corrected chi connectivity index (χ2v) is 8.04. The standard InChI is InChI=1S/C21H26ClNO6/c1-6-8-15(23-20(26)29-21(3,4)5)19(25)28-17-11-16-13(10-14(17)22)12(7-2)9-18(24)27-16/h9-11,15H,6-8H2,1-5H3,(H,23,26)/t15-/m0/s1. The lowest BCUT2D eigenvalue weighted by Crippen LogP contribution is -2.45. The van der Waals surface area contributed by atoms with Gasteiger partial charge in [-0.15, -0.1) is 0 Å². The molecule has 0 radical (unpaired) electrons. The SMILES string of the molecule is CCC[C@H](NC(=O)OC(C)(C)C)C(=O)Oc1cc2oc(=O)cc(CC)c2cc1Cl. The monoisotopic (exact) mass is 423 g/mol. The number of ether oxygens (including phenoxy) is 2. The predicted molar refractivity (Wildman–Crippen MR) is 111 cm³/mol. The van der Waals surface area contributed by atoms with Crippen LogP contribution in [0.25, 0.3) is 11.0 Å². The summed E-state index contributed by atoms with van der Waals surface area (Å²) in [7, 11) is 0. The van der Waals surface area contributed by atoms with Gasteiger partial charge in [0, 0.05) is 17.5 Å². The van der Waals surface area contributed by atoms with Gasteiger partial charge in [-0.2, -0.15) is 0 Å². The number of benzene rings is 1. The number of hydrogen-bond donors (Lipinski definition) is 1. The van der Waals surface area contributed by atoms with Crippen LogP contribution in [0.5, 0.6) is 5.75 Å². The van der Waals surface area contributed by atoms with Gasteiger partial charge in [0.2, 0.25) is 0 Å². The van der Waals surface area contributed by atoms with Gasteiger partial charge in [-0.05, 0) is 45.2 Å². The Morgan fingerprint density at radius 1 is 1.21 bits per heavy atom. The van der Waals surface area contributed by atoms with Crippen LogP contribution in [0.15, 0.2) is 27.4 Å². The zero-order valence-electron chi connectivity index (χ0n) is 17.3. The molecule has 1 heterocycles. The van der Waals surface area contributed by atoms with Gasteiger partial charge in [0.15, 0.2) is 5.75 Å². The zero-order chi connectivity index (χ0) is 21.8. The highest BCUT2D eigenvalue weighted by atomic mass is 35.5. The van der Waals surface area contributed by atoms with E-state index in [0.29, 0.717) is 24.6 Å². The molecule has 0 saturated carbocycles. The summed E-state index contributed by atoms with van der Waals surface area (Å²) in [6.07, 6.45) is 0.903. The van der Waals surface area contributed by atoms with Gasteiger partial charge in [-0.3, -0.25) is 0 Å². The molecule has 29 heavy (non-hydrogen) atoms. The minimum Gasteiger partial charge on any atom is -0.444 e. The number of esters is 1. The average molecular weight is 424 g/mol. The van der Waals surface area contributed by atoms with E-state index in [1.165, 1.54) is 12.1 Å². The van der Waals surface area contributed by atoms with E-state index in [9.17, 15) is 14.4 Å². The van der Waals surface area contributed by atoms with Gasteiger partial charge >= 0.3 is 17.7 Å². The van der Waals surface area contributed by atoms with Crippen molar-refractivity contribution >= 4 is 34.6 Å². The van der Waals surface area contributed by atoms with Crippen molar-refractivity contribution in [1.82, 2.24) is 5.32 Å². The fourth-order valence-electron chi connectivity index (χ4n) is 2.77. The molecule has 0 aliphatic carbocycles. The van der Waals surface area contributed by atoms with Crippen LogP contribution in [0, 0.1) is 0 Å². The number of aryl methyl sites for hydroxylation is 1. The summed E-state index contributed by atoms with van der Waals surface area (Å²) < 4.78 is 15.8. The van der Waals surface area contributed by atoms with Crippen LogP contribution >= 0.6 is 11.6 Å². The zero-order valence-corrected chi connectivity index (χ0v) is 18.0. The van der Waals surface area contributed by atoms with Gasteiger partial charge in [0.1, 0.15) is 17.2 Å². The number of halogens is 1. The highest BCUT2D eigenvalue weighted by Crippen LogP contribution is 2.31. The molecule has 1 amide bonds. The molecule has 1 aromatic heterocycles. The molecule has 158 valence electrons. The Morgan fingerprint density at radius 3 is 2.48 bits per heavy atom. The first-order valence-corrected chi connectivity index (χ1v) is 9.89. The third kappa shape index (κ3) is 6.22. The Hall–Kier alpha value is -2.54. The van der Waals surface area contributed by atoms with E-state index in [-0.39, 0.29) is 16.4 Å². The summed E-state index contributed by atoms with van der Waals surface area (Å²) in [6.45, 7) is 8.97. The van der Waals surface area contributed by atoms with Crippen molar-refractivity contribution in [3.63, 3.8) is 0 Å². The molecule has 2 aromatic rings. The minimum absolute atomic E-state index is 0.0488. The predicted octanol–water partition coefficient (Wildman–Crippen LogP) is 4.61. The maximum atomic E-state index is 12.6. The molecule has 1 aromatic carbocycles. The lowest BCUT2D eigenvalue weighted by molar-refractivity contribution is -0.137. The summed E-state index contributed by atoms with van der Waals surface area (Å²) in [6, 6.07) is 3.51. The Bertz CT molecular complexity index is 960. The molecule has 0 aliphatic rings. The van der Waals surface area contributed by atoms with Crippen molar-refractivity contribution in [2.75, 3.05) is 0 Å². The molecule has 0 spiro atoms. The number of fused-ring (bicyclic) bond motifs is 1. The van der Waals surface area contributed by atoms with Crippen LogP contribution < -0.4 is 15.7 Å². The second-order valence-electron chi connectivity index (χ2n) is 7.63. The van der Waals surface area contributed by atoms with Gasteiger partial charge in [0.05, 0.1) is 5.02 Å². The van der Waals surface area contributed by atoms with Crippen LogP contribution in [-0.4, -0.2) is 23.7 Å². The van der Waals surface area contributed by atoms with Gasteiger partial charge in [-0.25, -0.2) is 14.4 Å². The Morgan fingerprint density at radius 2 is 1.90 bits per heavy atom. The van der Waals surface area contributed by atoms with Crippen LogP contribution in [-0.2, 0) is 16.0 Å². The van der Waals surface area contributed by atoms with Crippen molar-refractivity contribution in [3.8, 4) is 5.75 Å². The van der Waals surface area contributed by atoms with E-state index < -0.39 is 29.3 Å². The largest absolute Gasteiger partial charge is 0.444 e. The first-order valence-electron chi connectivity index (χ1n) is 9.51. The number of nitrogens with one attached hydrogen (secondary N) is 1. The van der Waals surface area contributed by atoms with Crippen LogP contribution in [0.4, 0.5) is 4.79 Å². The third-order valence-electron chi connectivity index (χ3n) is 4.03. The van der Waals surface area contributed by atoms with Crippen molar-refractivity contribution < 1.29 is 23.5 Å². The van der Waals surface area contributed by atoms with Gasteiger partial charge in [0.25, 0.3) is 0 Å². The molecule has 0 unspecified atom stereocenters. The summed E-state index contributed by atoms with van der Waals surface area (Å²) in [5.41, 5.74) is -0.134. The first-order chi connectivity index (χ1) is 13.5. The summed E-state index contributed by atoms with van der Waals surface area (Å²) in [5, 5.41) is 3.40. The van der Waals surface area contributed by atoms with Crippen LogP contribution in [0.3, 0.4) is 0 Å². The van der Waals surface area contributed by atoms with E-state index in [2.05, 4.69) is 5.32 Å². The highest BCUT2D eigenvalue weighted by molar-refractivity contribution is 6.33. The smallest absolute Gasteiger partial charge is 0.408 e. The number of rotatable bonds is 6. The fourth-order valence-corrected chi connectivity index (χ4v) is 2.97. The molecule has 1 atom stereocenters. The van der Waals surface area contributed by atoms with Crippen molar-refractivity contribution in [3.05, 3.63) is 39.2 Å². The van der Waals surface area contributed by atoms with E-state index in [4.69, 9.17) is 25.5 Å². The van der Waals surface area contributed by atoms with E-state index in [1.807, 2.05) is 13.8 Å². The Balaban J connectivity index is 2.26. The molecule has 0 saturated heterocycles. The number of alkyl carbamates (subject to hydrolysis) is 1. The quantitative estimate of drug-likeness (QED) is 0.414. The number of carbonyl (C=O) groups excluding carboxylic acids is 2. The number of amides is 1. The Kier molecular flexibility index (Phi) is 7.30. The summed E-state index contributed by atoms with van der Waals surface area (Å²) in [5.74, 6) is -0.638. The number of hydrogen-bond acceptors (Lipinski definition) is 6. The average Bonchev–Trinajstić information content (AvgIpc) is 2.60. The summed E-state index contributed by atoms with van der Waals surface area (Å²) in [4.78, 5) is 36.4. The number of carbonyl (C=O) groups is 2. The molecule has 0 bridgehead atoms. The lowest BCUT2D eigenvalue weighted by Gasteiger charge is -2.22. The molecular weight excluding hydrogens is 398 g/mol. The topological polar surface area (TPSA) is 94.8 Å². The molecule has 0 fully saturated rings. The van der Waals surface area contributed by atoms with Crippen molar-refractivity contribution in [1.29, 1.82) is 0 Å². The van der Waals surface area contributed by atoms with Crippen LogP contribution in [0.1, 0.15) is 53.0 Å². The summed E-state index contributed by atoms with van der Waals surface area (Å²) >= 11 is 6.28. The molecule has 0 aliphatic heterocycles. The molecule has 7 nitrogen and oxygen atoms in total. The maximum absolute atomic E-state index is 12.6. The molecule has 8 heteroatoms. The Labute approximate surface area is 174 Å². The van der Waals surface area contributed by atoms with Gasteiger partial charge < -0.3 is 19.2 Å². The minimum atomic E-state index is -0.907. The third-order valence-corrected chi connectivity index (χ3v) is 4.32. The van der Waals surface area contributed by atoms with E-state index >= 15 is 0 Å². The van der Waals surface area contributed by atoms with Crippen molar-refractivity contribution in [2.45, 2.75) is 65.5 Å². The lowest BCUT2D eigenvalue weighted by atomic mass is 10.1. The molecular formula is C21H26ClNO6. The highest BCUT2D eigenvalue weighted by Gasteiger charge is 2.26. The van der Waals surface area contributed by atoms with Crippen LogP contribution in [0.2, 0.25) is 5.02 Å². The first kappa shape index (κ1) is 22.7. The van der Waals surface area contributed by atoms with E-state index in [1.54, 1.807) is 26.8 Å². The normalized spacial score (nSPS) is 12.5. The molecule has 1 N–H and O–H groups in total. The van der Waals surface area contributed by atoms with Crippen molar-refractivity contribution in [2.24, 2.45) is 0 Å².